The van der Waals surface area contributed by atoms with E-state index in [0.717, 1.165) is 0 Å². The van der Waals surface area contributed by atoms with E-state index in [4.69, 9.17) is 0 Å². The Bertz CT molecular complexity index is 275. The number of amides is 1. The summed E-state index contributed by atoms with van der Waals surface area (Å²) in [5.74, 6) is -0.913. The zero-order valence-electron chi connectivity index (χ0n) is 11.6. The van der Waals surface area contributed by atoms with Crippen LogP contribution in [-0.2, 0) is 9.59 Å². The third-order valence-corrected chi connectivity index (χ3v) is 3.12. The van der Waals surface area contributed by atoms with Gasteiger partial charge in [0.15, 0.2) is 0 Å². The predicted octanol–water partition coefficient (Wildman–Crippen LogP) is 2.43. The van der Waals surface area contributed by atoms with E-state index in [0.29, 0.717) is 19.3 Å². The van der Waals surface area contributed by atoms with E-state index < -0.39 is 11.4 Å². The standard InChI is InChI=1S/C13H25NO3/c1-6-13(7-2,11(16)17)9-14-10(15)8-12(3,4)5/h6-9H2,1-5H3,(H,14,15)(H,16,17). The fraction of sp³-hybridized carbons (Fsp3) is 0.846. The van der Waals surface area contributed by atoms with Crippen LogP contribution in [0.15, 0.2) is 0 Å². The minimum absolute atomic E-state index is 0.0750. The molecule has 0 spiro atoms. The maximum atomic E-state index is 11.7. The lowest BCUT2D eigenvalue weighted by Crippen LogP contribution is -2.43. The molecule has 1 amide bonds. The molecule has 17 heavy (non-hydrogen) atoms. The summed E-state index contributed by atoms with van der Waals surface area (Å²) in [4.78, 5) is 22.9. The van der Waals surface area contributed by atoms with E-state index in [2.05, 4.69) is 5.32 Å². The van der Waals surface area contributed by atoms with Gasteiger partial charge in [0.1, 0.15) is 0 Å². The Morgan fingerprint density at radius 3 is 1.88 bits per heavy atom. The minimum Gasteiger partial charge on any atom is -0.481 e. The maximum absolute atomic E-state index is 11.7. The molecule has 0 heterocycles. The Kier molecular flexibility index (Phi) is 5.66. The first-order valence-corrected chi connectivity index (χ1v) is 6.17. The van der Waals surface area contributed by atoms with Gasteiger partial charge in [-0.15, -0.1) is 0 Å². The molecule has 0 aromatic carbocycles. The summed E-state index contributed by atoms with van der Waals surface area (Å²) in [6.45, 7) is 9.84. The largest absolute Gasteiger partial charge is 0.481 e. The summed E-state index contributed by atoms with van der Waals surface area (Å²) in [5, 5.41) is 12.0. The summed E-state index contributed by atoms with van der Waals surface area (Å²) in [7, 11) is 0. The third kappa shape index (κ3) is 5.20. The van der Waals surface area contributed by atoms with Crippen LogP contribution in [0.5, 0.6) is 0 Å². The fourth-order valence-corrected chi connectivity index (χ4v) is 1.69. The fourth-order valence-electron chi connectivity index (χ4n) is 1.69. The van der Waals surface area contributed by atoms with Gasteiger partial charge in [-0.2, -0.15) is 0 Å². The number of hydrogen-bond donors (Lipinski definition) is 2. The number of carbonyl (C=O) groups is 2. The number of nitrogens with one attached hydrogen (secondary N) is 1. The highest BCUT2D eigenvalue weighted by Gasteiger charge is 2.35. The predicted molar refractivity (Wildman–Crippen MR) is 67.7 cm³/mol. The Labute approximate surface area is 104 Å². The molecule has 0 saturated carbocycles. The highest BCUT2D eigenvalue weighted by Crippen LogP contribution is 2.26. The number of hydrogen-bond acceptors (Lipinski definition) is 2. The van der Waals surface area contributed by atoms with Crippen molar-refractivity contribution in [2.75, 3.05) is 6.54 Å². The van der Waals surface area contributed by atoms with Crippen LogP contribution in [0.2, 0.25) is 0 Å². The van der Waals surface area contributed by atoms with Crippen molar-refractivity contribution in [3.8, 4) is 0 Å². The Morgan fingerprint density at radius 1 is 1.12 bits per heavy atom. The van der Waals surface area contributed by atoms with Crippen LogP contribution in [0.1, 0.15) is 53.9 Å². The van der Waals surface area contributed by atoms with E-state index in [1.54, 1.807) is 0 Å². The van der Waals surface area contributed by atoms with Crippen LogP contribution >= 0.6 is 0 Å². The number of carboxylic acids is 1. The molecule has 0 aliphatic carbocycles. The van der Waals surface area contributed by atoms with Crippen LogP contribution in [0, 0.1) is 10.8 Å². The van der Waals surface area contributed by atoms with Crippen molar-refractivity contribution in [1.82, 2.24) is 5.32 Å². The molecule has 0 aromatic rings. The van der Waals surface area contributed by atoms with E-state index in [1.165, 1.54) is 0 Å². The zero-order chi connectivity index (χ0) is 13.7. The van der Waals surface area contributed by atoms with Gasteiger partial charge in [0, 0.05) is 13.0 Å². The van der Waals surface area contributed by atoms with Gasteiger partial charge in [-0.25, -0.2) is 0 Å². The van der Waals surface area contributed by atoms with Crippen molar-refractivity contribution < 1.29 is 14.7 Å². The van der Waals surface area contributed by atoms with Gasteiger partial charge in [-0.05, 0) is 18.3 Å². The molecule has 0 saturated heterocycles. The number of aliphatic carboxylic acids is 1. The smallest absolute Gasteiger partial charge is 0.311 e. The summed E-state index contributed by atoms with van der Waals surface area (Å²) in [6.07, 6.45) is 1.46. The normalized spacial score (nSPS) is 12.3. The number of carboxylic acid groups (broad SMARTS) is 1. The molecule has 0 aromatic heterocycles. The van der Waals surface area contributed by atoms with Crippen molar-refractivity contribution >= 4 is 11.9 Å². The molecular weight excluding hydrogens is 218 g/mol. The first-order chi connectivity index (χ1) is 7.67. The summed E-state index contributed by atoms with van der Waals surface area (Å²) < 4.78 is 0. The molecule has 2 N–H and O–H groups in total. The highest BCUT2D eigenvalue weighted by molar-refractivity contribution is 5.79. The van der Waals surface area contributed by atoms with Crippen molar-refractivity contribution in [2.45, 2.75) is 53.9 Å². The van der Waals surface area contributed by atoms with Crippen LogP contribution in [0.3, 0.4) is 0 Å². The zero-order valence-corrected chi connectivity index (χ0v) is 11.6. The lowest BCUT2D eigenvalue weighted by Gasteiger charge is -2.27. The van der Waals surface area contributed by atoms with Gasteiger partial charge >= 0.3 is 5.97 Å². The molecule has 4 nitrogen and oxygen atoms in total. The molecule has 4 heteroatoms. The quantitative estimate of drug-likeness (QED) is 0.753. The average molecular weight is 243 g/mol. The first-order valence-electron chi connectivity index (χ1n) is 6.17. The van der Waals surface area contributed by atoms with E-state index >= 15 is 0 Å². The second-order valence-electron chi connectivity index (χ2n) is 5.81. The molecule has 0 fully saturated rings. The second-order valence-corrected chi connectivity index (χ2v) is 5.81. The first kappa shape index (κ1) is 15.9. The van der Waals surface area contributed by atoms with Crippen LogP contribution in [0.25, 0.3) is 0 Å². The summed E-state index contributed by atoms with van der Waals surface area (Å²) >= 11 is 0. The van der Waals surface area contributed by atoms with Gasteiger partial charge in [-0.3, -0.25) is 9.59 Å². The van der Waals surface area contributed by atoms with E-state index in [1.807, 2.05) is 34.6 Å². The van der Waals surface area contributed by atoms with Crippen molar-refractivity contribution in [3.05, 3.63) is 0 Å². The monoisotopic (exact) mass is 243 g/mol. The lowest BCUT2D eigenvalue weighted by atomic mass is 9.82. The van der Waals surface area contributed by atoms with Gasteiger partial charge < -0.3 is 10.4 Å². The maximum Gasteiger partial charge on any atom is 0.311 e. The summed E-state index contributed by atoms with van der Waals surface area (Å²) in [6, 6.07) is 0. The highest BCUT2D eigenvalue weighted by atomic mass is 16.4. The van der Waals surface area contributed by atoms with Crippen LogP contribution in [0.4, 0.5) is 0 Å². The Morgan fingerprint density at radius 2 is 1.59 bits per heavy atom. The van der Waals surface area contributed by atoms with Gasteiger partial charge in [0.05, 0.1) is 5.41 Å². The minimum atomic E-state index is -0.835. The second kappa shape index (κ2) is 6.03. The molecule has 0 unspecified atom stereocenters. The molecule has 100 valence electrons. The van der Waals surface area contributed by atoms with E-state index in [-0.39, 0.29) is 17.9 Å². The van der Waals surface area contributed by atoms with Crippen molar-refractivity contribution in [1.29, 1.82) is 0 Å². The number of carbonyl (C=O) groups excluding carboxylic acids is 1. The van der Waals surface area contributed by atoms with Crippen molar-refractivity contribution in [2.24, 2.45) is 10.8 Å². The topological polar surface area (TPSA) is 66.4 Å². The molecule has 0 radical (unpaired) electrons. The average Bonchev–Trinajstić information content (AvgIpc) is 2.17. The van der Waals surface area contributed by atoms with Crippen LogP contribution in [-0.4, -0.2) is 23.5 Å². The SMILES string of the molecule is CCC(CC)(CNC(=O)CC(C)(C)C)C(=O)O. The Hall–Kier alpha value is -1.06. The summed E-state index contributed by atoms with van der Waals surface area (Å²) in [5.41, 5.74) is -0.901. The van der Waals surface area contributed by atoms with Crippen LogP contribution < -0.4 is 5.32 Å². The van der Waals surface area contributed by atoms with Crippen molar-refractivity contribution in [3.63, 3.8) is 0 Å². The Balaban J connectivity index is 4.43. The molecule has 0 aliphatic rings. The number of rotatable bonds is 6. The molecule has 0 rings (SSSR count). The molecular formula is C13H25NO3. The van der Waals surface area contributed by atoms with Gasteiger partial charge in [-0.1, -0.05) is 34.6 Å². The molecule has 0 bridgehead atoms. The lowest BCUT2D eigenvalue weighted by molar-refractivity contribution is -0.149. The third-order valence-electron chi connectivity index (χ3n) is 3.12. The molecule has 0 atom stereocenters. The van der Waals surface area contributed by atoms with Gasteiger partial charge in [0.2, 0.25) is 5.91 Å². The van der Waals surface area contributed by atoms with Gasteiger partial charge in [0.25, 0.3) is 0 Å². The van der Waals surface area contributed by atoms with E-state index in [9.17, 15) is 14.7 Å². The molecule has 0 aliphatic heterocycles.